The van der Waals surface area contributed by atoms with Crippen molar-refractivity contribution >= 4 is 21.4 Å². The minimum Gasteiger partial charge on any atom is -0.380 e. The summed E-state index contributed by atoms with van der Waals surface area (Å²) in [6.45, 7) is 2.77. The van der Waals surface area contributed by atoms with E-state index in [0.717, 1.165) is 12.8 Å². The molecule has 0 unspecified atom stereocenters. The van der Waals surface area contributed by atoms with Crippen molar-refractivity contribution in [1.29, 1.82) is 0 Å². The highest BCUT2D eigenvalue weighted by molar-refractivity contribution is 7.89. The summed E-state index contributed by atoms with van der Waals surface area (Å²) >= 11 is 0. The Morgan fingerprint density at radius 1 is 1.43 bits per heavy atom. The molecule has 1 saturated carbocycles. The van der Waals surface area contributed by atoms with Crippen LogP contribution in [0.3, 0.4) is 0 Å². The van der Waals surface area contributed by atoms with Gasteiger partial charge >= 0.3 is 0 Å². The topological polar surface area (TPSA) is 92.6 Å². The van der Waals surface area contributed by atoms with E-state index in [1.807, 2.05) is 0 Å². The first-order valence-electron chi connectivity index (χ1n) is 6.85. The van der Waals surface area contributed by atoms with Crippen LogP contribution in [-0.2, 0) is 10.0 Å². The van der Waals surface area contributed by atoms with Gasteiger partial charge in [-0.1, -0.05) is 0 Å². The van der Waals surface area contributed by atoms with Gasteiger partial charge in [0, 0.05) is 26.2 Å². The van der Waals surface area contributed by atoms with Crippen molar-refractivity contribution in [2.45, 2.75) is 24.7 Å². The molecule has 0 atom stereocenters. The van der Waals surface area contributed by atoms with E-state index in [1.165, 1.54) is 22.5 Å². The lowest BCUT2D eigenvalue weighted by Crippen LogP contribution is -2.29. The third-order valence-corrected chi connectivity index (χ3v) is 5.27. The van der Waals surface area contributed by atoms with Crippen molar-refractivity contribution in [2.24, 2.45) is 5.92 Å². The number of hydrogen-bond donors (Lipinski definition) is 1. The molecule has 1 aliphatic carbocycles. The number of sulfonamides is 1. The fourth-order valence-electron chi connectivity index (χ4n) is 2.11. The molecule has 1 fully saturated rings. The number of anilines is 1. The first-order valence-corrected chi connectivity index (χ1v) is 8.29. The fraction of sp³-hybridized carbons (Fsp3) is 0.538. The van der Waals surface area contributed by atoms with Gasteiger partial charge in [0.1, 0.15) is 5.69 Å². The first-order chi connectivity index (χ1) is 9.86. The molecule has 8 heteroatoms. The summed E-state index contributed by atoms with van der Waals surface area (Å²) in [7, 11) is -2.06. The highest BCUT2D eigenvalue weighted by Gasteiger charge is 2.30. The minimum absolute atomic E-state index is 0.0761. The van der Waals surface area contributed by atoms with Crippen molar-refractivity contribution < 1.29 is 13.3 Å². The monoisotopic (exact) mass is 313 g/mol. The Kier molecular flexibility index (Phi) is 4.48. The molecular weight excluding hydrogens is 294 g/mol. The molecule has 1 aliphatic rings. The van der Waals surface area contributed by atoms with Gasteiger partial charge in [0.05, 0.1) is 9.82 Å². The summed E-state index contributed by atoms with van der Waals surface area (Å²) in [5.41, 5.74) is 0.101. The van der Waals surface area contributed by atoms with Crippen LogP contribution in [0.4, 0.5) is 11.4 Å². The van der Waals surface area contributed by atoms with E-state index in [1.54, 1.807) is 14.0 Å². The maximum absolute atomic E-state index is 12.5. The largest absolute Gasteiger partial charge is 0.380 e. The van der Waals surface area contributed by atoms with Gasteiger partial charge in [-0.05, 0) is 37.8 Å². The second-order valence-corrected chi connectivity index (χ2v) is 7.24. The summed E-state index contributed by atoms with van der Waals surface area (Å²) in [6.07, 6.45) is 2.12. The van der Waals surface area contributed by atoms with Crippen LogP contribution >= 0.6 is 0 Å². The normalized spacial score (nSPS) is 15.2. The molecule has 0 saturated heterocycles. The van der Waals surface area contributed by atoms with Crippen molar-refractivity contribution in [3.63, 3.8) is 0 Å². The second kappa shape index (κ2) is 5.98. The van der Waals surface area contributed by atoms with Crippen LogP contribution in [0.5, 0.6) is 0 Å². The van der Waals surface area contributed by atoms with Gasteiger partial charge in [0.15, 0.2) is 0 Å². The van der Waals surface area contributed by atoms with Gasteiger partial charge in [0.2, 0.25) is 10.0 Å². The molecule has 21 heavy (non-hydrogen) atoms. The fourth-order valence-corrected chi connectivity index (χ4v) is 3.38. The van der Waals surface area contributed by atoms with E-state index in [2.05, 4.69) is 5.32 Å². The molecule has 0 aromatic heterocycles. The Labute approximate surface area is 124 Å². The van der Waals surface area contributed by atoms with E-state index in [9.17, 15) is 18.5 Å². The molecule has 0 amide bonds. The molecule has 0 bridgehead atoms. The van der Waals surface area contributed by atoms with Gasteiger partial charge < -0.3 is 5.32 Å². The Morgan fingerprint density at radius 2 is 2.10 bits per heavy atom. The second-order valence-electron chi connectivity index (χ2n) is 5.20. The Bertz CT molecular complexity index is 641. The van der Waals surface area contributed by atoms with Gasteiger partial charge in [0.25, 0.3) is 5.69 Å². The average molecular weight is 313 g/mol. The van der Waals surface area contributed by atoms with E-state index in [4.69, 9.17) is 0 Å². The quantitative estimate of drug-likeness (QED) is 0.614. The van der Waals surface area contributed by atoms with Gasteiger partial charge in [-0.25, -0.2) is 12.7 Å². The molecule has 2 rings (SSSR count). The summed E-state index contributed by atoms with van der Waals surface area (Å²) in [6, 6.07) is 3.86. The smallest absolute Gasteiger partial charge is 0.292 e. The lowest BCUT2D eigenvalue weighted by Gasteiger charge is -2.17. The van der Waals surface area contributed by atoms with Crippen LogP contribution in [-0.4, -0.2) is 37.8 Å². The van der Waals surface area contributed by atoms with Crippen LogP contribution in [0.1, 0.15) is 19.8 Å². The number of nitrogens with one attached hydrogen (secondary N) is 1. The summed E-state index contributed by atoms with van der Waals surface area (Å²) in [4.78, 5) is 10.5. The molecule has 1 aromatic carbocycles. The third kappa shape index (κ3) is 3.51. The molecule has 1 N–H and O–H groups in total. The molecule has 0 radical (unpaired) electrons. The molecule has 0 heterocycles. The molecular formula is C13H19N3O4S. The van der Waals surface area contributed by atoms with Gasteiger partial charge in [-0.3, -0.25) is 10.1 Å². The Morgan fingerprint density at radius 3 is 2.62 bits per heavy atom. The molecule has 1 aromatic rings. The molecule has 116 valence electrons. The lowest BCUT2D eigenvalue weighted by molar-refractivity contribution is -0.384. The number of nitro groups is 1. The Balaban J connectivity index is 2.33. The number of benzene rings is 1. The SMILES string of the molecule is CCNc1cc(S(=O)(=O)N(C)CC2CC2)ccc1[N+](=O)[O-]. The van der Waals surface area contributed by atoms with Crippen molar-refractivity contribution in [1.82, 2.24) is 4.31 Å². The zero-order valence-corrected chi connectivity index (χ0v) is 12.9. The van der Waals surface area contributed by atoms with E-state index in [-0.39, 0.29) is 16.3 Å². The average Bonchev–Trinajstić information content (AvgIpc) is 3.22. The predicted molar refractivity (Wildman–Crippen MR) is 79.8 cm³/mol. The Hall–Kier alpha value is -1.67. The zero-order chi connectivity index (χ0) is 15.6. The van der Waals surface area contributed by atoms with Crippen LogP contribution in [0.2, 0.25) is 0 Å². The summed E-state index contributed by atoms with van der Waals surface area (Å²) in [5.74, 6) is 0.441. The summed E-state index contributed by atoms with van der Waals surface area (Å²) in [5, 5.41) is 13.8. The minimum atomic E-state index is -3.61. The van der Waals surface area contributed by atoms with E-state index in [0.29, 0.717) is 19.0 Å². The summed E-state index contributed by atoms with van der Waals surface area (Å²) < 4.78 is 26.2. The first kappa shape index (κ1) is 15.7. The highest BCUT2D eigenvalue weighted by Crippen LogP contribution is 2.32. The van der Waals surface area contributed by atoms with Crippen molar-refractivity contribution in [2.75, 3.05) is 25.5 Å². The molecule has 7 nitrogen and oxygen atoms in total. The number of nitrogens with zero attached hydrogens (tertiary/aromatic N) is 2. The van der Waals surface area contributed by atoms with Crippen molar-refractivity contribution in [3.8, 4) is 0 Å². The number of nitro benzene ring substituents is 1. The van der Waals surface area contributed by atoms with Crippen LogP contribution < -0.4 is 5.32 Å². The van der Waals surface area contributed by atoms with Gasteiger partial charge in [-0.2, -0.15) is 0 Å². The highest BCUT2D eigenvalue weighted by atomic mass is 32.2. The lowest BCUT2D eigenvalue weighted by atomic mass is 10.2. The van der Waals surface area contributed by atoms with Gasteiger partial charge in [-0.15, -0.1) is 0 Å². The van der Waals surface area contributed by atoms with Crippen LogP contribution in [0.25, 0.3) is 0 Å². The molecule has 0 aliphatic heterocycles. The maximum Gasteiger partial charge on any atom is 0.292 e. The van der Waals surface area contributed by atoms with E-state index < -0.39 is 14.9 Å². The van der Waals surface area contributed by atoms with E-state index >= 15 is 0 Å². The number of rotatable bonds is 7. The van der Waals surface area contributed by atoms with Crippen molar-refractivity contribution in [3.05, 3.63) is 28.3 Å². The maximum atomic E-state index is 12.5. The zero-order valence-electron chi connectivity index (χ0n) is 12.1. The van der Waals surface area contributed by atoms with Crippen LogP contribution in [0.15, 0.2) is 23.1 Å². The number of hydrogen-bond acceptors (Lipinski definition) is 5. The molecule has 0 spiro atoms. The predicted octanol–water partition coefficient (Wildman–Crippen LogP) is 2.06. The third-order valence-electron chi connectivity index (χ3n) is 3.45. The van der Waals surface area contributed by atoms with Crippen LogP contribution in [0, 0.1) is 16.0 Å². The standard InChI is InChI=1S/C13H19N3O4S/c1-3-14-12-8-11(6-7-13(12)16(17)18)21(19,20)15(2)9-10-4-5-10/h6-8,10,14H,3-5,9H2,1-2H3.